The van der Waals surface area contributed by atoms with Crippen LogP contribution in [0.2, 0.25) is 0 Å². The first-order valence-corrected chi connectivity index (χ1v) is 13.4. The molecule has 0 aliphatic rings. The van der Waals surface area contributed by atoms with Crippen molar-refractivity contribution < 1.29 is 35.4 Å². The molecule has 0 rings (SSSR count). The average Bonchev–Trinajstić information content (AvgIpc) is 2.82. The summed E-state index contributed by atoms with van der Waals surface area (Å²) in [7, 11) is 0. The van der Waals surface area contributed by atoms with Crippen LogP contribution in [0, 0.1) is 0 Å². The minimum Gasteiger partial charge on any atom is -0.478 e. The molecule has 0 aromatic carbocycles. The van der Waals surface area contributed by atoms with Crippen molar-refractivity contribution in [2.75, 3.05) is 6.61 Å². The number of carbonyl (C=O) groups is 1. The molecular weight excluding hydrogens is 472 g/mol. The first-order valence-electron chi connectivity index (χ1n) is 13.4. The van der Waals surface area contributed by atoms with Gasteiger partial charge in [-0.1, -0.05) is 41.0 Å². The first kappa shape index (κ1) is 35.2. The summed E-state index contributed by atoms with van der Waals surface area (Å²) in [5, 5.41) is 59.9. The van der Waals surface area contributed by atoms with Gasteiger partial charge < -0.3 is 30.6 Å². The van der Waals surface area contributed by atoms with E-state index in [-0.39, 0.29) is 18.6 Å². The van der Waals surface area contributed by atoms with E-state index in [0.717, 1.165) is 29.6 Å². The van der Waals surface area contributed by atoms with Crippen LogP contribution < -0.4 is 0 Å². The van der Waals surface area contributed by atoms with Crippen molar-refractivity contribution in [2.24, 2.45) is 0 Å². The molecule has 0 aliphatic heterocycles. The quantitative estimate of drug-likeness (QED) is 0.0796. The van der Waals surface area contributed by atoms with Gasteiger partial charge in [0, 0.05) is 5.57 Å². The minimum atomic E-state index is -1.28. The van der Waals surface area contributed by atoms with Gasteiger partial charge in [-0.05, 0) is 106 Å². The van der Waals surface area contributed by atoms with Gasteiger partial charge in [-0.25, -0.2) is 4.79 Å². The molecule has 0 aromatic rings. The number of hydrogen-bond donors (Lipinski definition) is 6. The Labute approximate surface area is 223 Å². The van der Waals surface area contributed by atoms with E-state index in [1.165, 1.54) is 6.92 Å². The van der Waals surface area contributed by atoms with Crippen molar-refractivity contribution >= 4 is 5.97 Å². The summed E-state index contributed by atoms with van der Waals surface area (Å²) in [6.45, 7) is 10.6. The number of hydrogen-bond acceptors (Lipinski definition) is 6. The van der Waals surface area contributed by atoms with Crippen molar-refractivity contribution in [1.29, 1.82) is 0 Å². The van der Waals surface area contributed by atoms with Crippen LogP contribution in [0.1, 0.15) is 106 Å². The van der Waals surface area contributed by atoms with Crippen molar-refractivity contribution in [3.8, 4) is 0 Å². The SMILES string of the molecule is C/C(=C\CC[C@](C)(O)[C@@H](O)CC/C(C)=C/CC/C=C(\C)CC[C@H](O)[C@@](C)(O)CC/C=C(\C)C(=O)O)CO. The molecule has 0 saturated carbocycles. The zero-order valence-electron chi connectivity index (χ0n) is 23.8. The van der Waals surface area contributed by atoms with E-state index in [1.54, 1.807) is 19.9 Å². The second-order valence-corrected chi connectivity index (χ2v) is 11.0. The largest absolute Gasteiger partial charge is 0.478 e. The zero-order valence-corrected chi connectivity index (χ0v) is 23.8. The van der Waals surface area contributed by atoms with Crippen molar-refractivity contribution in [2.45, 2.75) is 129 Å². The molecule has 6 N–H and O–H groups in total. The highest BCUT2D eigenvalue weighted by Gasteiger charge is 2.30. The zero-order chi connectivity index (χ0) is 28.6. The Morgan fingerprint density at radius 1 is 0.703 bits per heavy atom. The fourth-order valence-electron chi connectivity index (χ4n) is 3.89. The molecule has 7 heteroatoms. The third-order valence-electron chi connectivity index (χ3n) is 7.04. The Hall–Kier alpha value is -1.77. The Kier molecular flexibility index (Phi) is 16.8. The first-order chi connectivity index (χ1) is 17.1. The Morgan fingerprint density at radius 3 is 1.46 bits per heavy atom. The molecule has 0 spiro atoms. The number of carboxylic acid groups (broad SMARTS) is 1. The number of carboxylic acids is 1. The van der Waals surface area contributed by atoms with Crippen molar-refractivity contribution in [3.05, 3.63) is 46.6 Å². The highest BCUT2D eigenvalue weighted by Crippen LogP contribution is 2.24. The summed E-state index contributed by atoms with van der Waals surface area (Å²) in [6, 6.07) is 0. The highest BCUT2D eigenvalue weighted by molar-refractivity contribution is 5.85. The van der Waals surface area contributed by atoms with Gasteiger partial charge in [0.2, 0.25) is 0 Å². The fourth-order valence-corrected chi connectivity index (χ4v) is 3.89. The van der Waals surface area contributed by atoms with Crippen LogP contribution in [0.15, 0.2) is 46.6 Å². The summed E-state index contributed by atoms with van der Waals surface area (Å²) in [4.78, 5) is 10.8. The summed E-state index contributed by atoms with van der Waals surface area (Å²) >= 11 is 0. The topological polar surface area (TPSA) is 138 Å². The maximum atomic E-state index is 10.8. The summed E-state index contributed by atoms with van der Waals surface area (Å²) < 4.78 is 0. The number of aliphatic hydroxyl groups excluding tert-OH is 3. The number of aliphatic hydroxyl groups is 5. The lowest BCUT2D eigenvalue weighted by Gasteiger charge is -2.29. The van der Waals surface area contributed by atoms with E-state index in [9.17, 15) is 25.2 Å². The third-order valence-corrected chi connectivity index (χ3v) is 7.04. The molecule has 0 heterocycles. The van der Waals surface area contributed by atoms with Gasteiger partial charge in [0.1, 0.15) is 0 Å². The number of unbranched alkanes of at least 4 members (excludes halogenated alkanes) is 1. The third kappa shape index (κ3) is 15.9. The maximum Gasteiger partial charge on any atom is 0.330 e. The lowest BCUT2D eigenvalue weighted by Crippen LogP contribution is -2.39. The normalized spacial score (nSPS) is 18.8. The van der Waals surface area contributed by atoms with Gasteiger partial charge in [-0.3, -0.25) is 0 Å². The van der Waals surface area contributed by atoms with E-state index >= 15 is 0 Å². The summed E-state index contributed by atoms with van der Waals surface area (Å²) in [5.74, 6) is -0.981. The van der Waals surface area contributed by atoms with Gasteiger partial charge in [-0.2, -0.15) is 0 Å². The predicted molar refractivity (Wildman–Crippen MR) is 149 cm³/mol. The Morgan fingerprint density at radius 2 is 1.08 bits per heavy atom. The Bertz CT molecular complexity index is 803. The van der Waals surface area contributed by atoms with Crippen LogP contribution >= 0.6 is 0 Å². The number of allylic oxidation sites excluding steroid dienone is 6. The van der Waals surface area contributed by atoms with Crippen LogP contribution in [0.4, 0.5) is 0 Å². The molecule has 0 amide bonds. The Balaban J connectivity index is 4.43. The summed E-state index contributed by atoms with van der Waals surface area (Å²) in [6.07, 6.45) is 11.7. The van der Waals surface area contributed by atoms with Gasteiger partial charge in [0.15, 0.2) is 0 Å². The van der Waals surface area contributed by atoms with Gasteiger partial charge in [0.05, 0.1) is 30.0 Å². The van der Waals surface area contributed by atoms with E-state index in [1.807, 2.05) is 26.8 Å². The van der Waals surface area contributed by atoms with Crippen molar-refractivity contribution in [1.82, 2.24) is 0 Å². The number of aliphatic carboxylic acids is 1. The minimum absolute atomic E-state index is 0.00277. The molecule has 0 saturated heterocycles. The van der Waals surface area contributed by atoms with Crippen LogP contribution in [0.5, 0.6) is 0 Å². The van der Waals surface area contributed by atoms with Gasteiger partial charge >= 0.3 is 5.97 Å². The van der Waals surface area contributed by atoms with Crippen LogP contribution in [-0.2, 0) is 4.79 Å². The van der Waals surface area contributed by atoms with Crippen LogP contribution in [0.25, 0.3) is 0 Å². The molecule has 0 fully saturated rings. The van der Waals surface area contributed by atoms with E-state index in [0.29, 0.717) is 44.9 Å². The lowest BCUT2D eigenvalue weighted by atomic mass is 9.89. The number of rotatable bonds is 19. The lowest BCUT2D eigenvalue weighted by molar-refractivity contribution is -0.132. The van der Waals surface area contributed by atoms with Crippen molar-refractivity contribution in [3.63, 3.8) is 0 Å². The van der Waals surface area contributed by atoms with Crippen LogP contribution in [-0.4, -0.2) is 66.6 Å². The molecule has 0 aromatic heterocycles. The van der Waals surface area contributed by atoms with E-state index in [4.69, 9.17) is 10.2 Å². The fraction of sp³-hybridized carbons (Fsp3) is 0.700. The molecular formula is C30H52O7. The molecule has 0 aliphatic carbocycles. The maximum absolute atomic E-state index is 10.8. The molecule has 0 unspecified atom stereocenters. The second-order valence-electron chi connectivity index (χ2n) is 11.0. The van der Waals surface area contributed by atoms with Crippen LogP contribution in [0.3, 0.4) is 0 Å². The molecule has 7 nitrogen and oxygen atoms in total. The predicted octanol–water partition coefficient (Wildman–Crippen LogP) is 4.97. The molecule has 0 bridgehead atoms. The van der Waals surface area contributed by atoms with E-state index in [2.05, 4.69) is 12.2 Å². The molecule has 214 valence electrons. The van der Waals surface area contributed by atoms with Gasteiger partial charge in [0.25, 0.3) is 0 Å². The van der Waals surface area contributed by atoms with Gasteiger partial charge in [-0.15, -0.1) is 0 Å². The average molecular weight is 525 g/mol. The molecule has 0 radical (unpaired) electrons. The monoisotopic (exact) mass is 524 g/mol. The smallest absolute Gasteiger partial charge is 0.330 e. The second kappa shape index (κ2) is 17.7. The highest BCUT2D eigenvalue weighted by atomic mass is 16.4. The molecule has 4 atom stereocenters. The standard InChI is InChI=1S/C30H52O7/c1-22(15-17-26(32)29(5,36)19-9-13-24(3)21-31)11-7-8-12-23(2)16-18-27(33)30(6,37)20-10-14-25(4)28(34)35/h11-14,26-27,31-33,36-37H,7-10,15-21H2,1-6H3,(H,34,35)/b22-11+,23-12+,24-13+,25-14+/t26-,27-,29-,30-/m0/s1. The van der Waals surface area contributed by atoms with E-state index < -0.39 is 29.4 Å². The molecule has 37 heavy (non-hydrogen) atoms. The summed E-state index contributed by atoms with van der Waals surface area (Å²) in [5.41, 5.74) is 0.939.